The number of nitro benzene ring substituents is 1. The van der Waals surface area contributed by atoms with Crippen LogP contribution in [0.1, 0.15) is 0 Å². The van der Waals surface area contributed by atoms with E-state index in [1.54, 1.807) is 6.07 Å². The Balaban J connectivity index is 2.21. The lowest BCUT2D eigenvalue weighted by molar-refractivity contribution is -0.386. The van der Waals surface area contributed by atoms with E-state index in [2.05, 4.69) is 12.6 Å². The van der Waals surface area contributed by atoms with Crippen molar-refractivity contribution in [3.63, 3.8) is 0 Å². The molecule has 0 aromatic heterocycles. The molecule has 1 aliphatic heterocycles. The molecule has 1 saturated heterocycles. The van der Waals surface area contributed by atoms with Crippen LogP contribution in [0.2, 0.25) is 0 Å². The summed E-state index contributed by atoms with van der Waals surface area (Å²) in [7, 11) is 0. The molecule has 1 fully saturated rings. The first-order valence-electron chi connectivity index (χ1n) is 6.16. The molecule has 1 aromatic rings. The van der Waals surface area contributed by atoms with E-state index in [-0.39, 0.29) is 11.4 Å². The fourth-order valence-electron chi connectivity index (χ4n) is 2.05. The van der Waals surface area contributed by atoms with Crippen molar-refractivity contribution in [3.05, 3.63) is 34.4 Å². The molecular formula is C12H15NO7S. The molecule has 21 heavy (non-hydrogen) atoms. The minimum absolute atomic E-state index is 0.0659. The van der Waals surface area contributed by atoms with Crippen molar-refractivity contribution in [2.24, 2.45) is 0 Å². The maximum Gasteiger partial charge on any atom is 0.310 e. The fourth-order valence-corrected chi connectivity index (χ4v) is 2.45. The minimum atomic E-state index is -1.40. The third-order valence-corrected chi connectivity index (χ3v) is 3.58. The minimum Gasteiger partial charge on any atom is -0.477 e. The predicted octanol–water partition coefficient (Wildman–Crippen LogP) is -0.289. The Morgan fingerprint density at radius 3 is 2.62 bits per heavy atom. The van der Waals surface area contributed by atoms with Gasteiger partial charge in [0.2, 0.25) is 0 Å². The number of para-hydroxylation sites is 2. The van der Waals surface area contributed by atoms with Crippen molar-refractivity contribution in [1.82, 2.24) is 0 Å². The molecule has 0 amide bonds. The van der Waals surface area contributed by atoms with Crippen LogP contribution in [0.3, 0.4) is 0 Å². The quantitative estimate of drug-likeness (QED) is 0.342. The maximum atomic E-state index is 10.9. The van der Waals surface area contributed by atoms with E-state index in [1.807, 2.05) is 0 Å². The topological polar surface area (TPSA) is 122 Å². The molecule has 116 valence electrons. The number of thiol groups is 1. The largest absolute Gasteiger partial charge is 0.477 e. The summed E-state index contributed by atoms with van der Waals surface area (Å²) in [5.41, 5.74) is -1.23. The van der Waals surface area contributed by atoms with Crippen molar-refractivity contribution in [2.75, 3.05) is 6.61 Å². The summed E-state index contributed by atoms with van der Waals surface area (Å²) >= 11 is 4.09. The molecule has 8 nitrogen and oxygen atoms in total. The molecule has 0 bridgehead atoms. The molecule has 0 radical (unpaired) electrons. The number of benzene rings is 1. The van der Waals surface area contributed by atoms with E-state index >= 15 is 0 Å². The van der Waals surface area contributed by atoms with Gasteiger partial charge in [-0.25, -0.2) is 0 Å². The predicted molar refractivity (Wildman–Crippen MR) is 74.3 cm³/mol. The average molecular weight is 317 g/mol. The third-order valence-electron chi connectivity index (χ3n) is 3.17. The van der Waals surface area contributed by atoms with Gasteiger partial charge in [0.1, 0.15) is 23.7 Å². The van der Waals surface area contributed by atoms with Crippen LogP contribution in [0.25, 0.3) is 0 Å². The zero-order chi connectivity index (χ0) is 15.6. The number of nitrogens with zero attached hydrogens (tertiary/aromatic N) is 1. The Labute approximate surface area is 125 Å². The van der Waals surface area contributed by atoms with E-state index in [1.165, 1.54) is 18.2 Å². The molecule has 1 aliphatic rings. The van der Waals surface area contributed by atoms with Crippen LogP contribution in [0.4, 0.5) is 5.69 Å². The monoisotopic (exact) mass is 317 g/mol. The second-order valence-corrected chi connectivity index (χ2v) is 5.05. The normalized spacial score (nSPS) is 32.7. The summed E-state index contributed by atoms with van der Waals surface area (Å²) in [6.45, 7) is -0.493. The van der Waals surface area contributed by atoms with Gasteiger partial charge in [0, 0.05) is 6.07 Å². The SMILES string of the molecule is O=[N+]([O-])c1ccccc1O[C@@H]1[C@@H](O)[C@@H](O)[C@@H](CO)O[C@H]1S. The van der Waals surface area contributed by atoms with Crippen molar-refractivity contribution >= 4 is 18.3 Å². The zero-order valence-electron chi connectivity index (χ0n) is 10.8. The van der Waals surface area contributed by atoms with E-state index in [9.17, 15) is 20.3 Å². The Bertz CT molecular complexity index is 514. The van der Waals surface area contributed by atoms with Gasteiger partial charge >= 0.3 is 5.69 Å². The standard InChI is InChI=1S/C12H15NO7S/c14-5-8-9(15)10(16)11(12(21)20-8)19-7-4-2-1-3-6(7)13(17)18/h1-4,8-12,14-16,21H,5H2/t8-,9+,10+,11-,12+/m1/s1. The van der Waals surface area contributed by atoms with Gasteiger partial charge < -0.3 is 24.8 Å². The van der Waals surface area contributed by atoms with Gasteiger partial charge in [0.05, 0.1) is 11.5 Å². The number of hydrogen-bond donors (Lipinski definition) is 4. The first-order valence-corrected chi connectivity index (χ1v) is 6.68. The average Bonchev–Trinajstić information content (AvgIpc) is 2.47. The number of aliphatic hydroxyl groups excluding tert-OH is 3. The van der Waals surface area contributed by atoms with E-state index in [0.29, 0.717) is 0 Å². The highest BCUT2D eigenvalue weighted by Crippen LogP contribution is 2.32. The Morgan fingerprint density at radius 2 is 2.00 bits per heavy atom. The summed E-state index contributed by atoms with van der Waals surface area (Å²) in [6, 6.07) is 5.65. The summed E-state index contributed by atoms with van der Waals surface area (Å²) in [6.07, 6.45) is -4.90. The summed E-state index contributed by atoms with van der Waals surface area (Å²) in [5, 5.41) is 39.8. The number of rotatable bonds is 4. The van der Waals surface area contributed by atoms with Gasteiger partial charge in [-0.1, -0.05) is 12.1 Å². The molecule has 0 unspecified atom stereocenters. The number of ether oxygens (including phenoxy) is 2. The lowest BCUT2D eigenvalue weighted by Gasteiger charge is -2.40. The third kappa shape index (κ3) is 3.27. The van der Waals surface area contributed by atoms with E-state index in [4.69, 9.17) is 14.6 Å². The first kappa shape index (κ1) is 16.0. The maximum absolute atomic E-state index is 10.9. The van der Waals surface area contributed by atoms with Crippen LogP contribution in [-0.2, 0) is 4.74 Å². The number of hydrogen-bond acceptors (Lipinski definition) is 8. The van der Waals surface area contributed by atoms with Crippen molar-refractivity contribution in [3.8, 4) is 5.75 Å². The zero-order valence-corrected chi connectivity index (χ0v) is 11.7. The molecule has 3 N–H and O–H groups in total. The van der Waals surface area contributed by atoms with Gasteiger partial charge in [-0.2, -0.15) is 0 Å². The highest BCUT2D eigenvalue weighted by molar-refractivity contribution is 7.80. The molecule has 5 atom stereocenters. The van der Waals surface area contributed by atoms with Crippen molar-refractivity contribution in [2.45, 2.75) is 29.9 Å². The molecular weight excluding hydrogens is 302 g/mol. The van der Waals surface area contributed by atoms with Gasteiger partial charge in [0.15, 0.2) is 11.9 Å². The number of aliphatic hydroxyl groups is 3. The smallest absolute Gasteiger partial charge is 0.310 e. The van der Waals surface area contributed by atoms with Crippen LogP contribution in [0.5, 0.6) is 5.75 Å². The highest BCUT2D eigenvalue weighted by atomic mass is 32.1. The lowest BCUT2D eigenvalue weighted by Crippen LogP contribution is -2.59. The second kappa shape index (κ2) is 6.58. The van der Waals surface area contributed by atoms with Gasteiger partial charge in [0.25, 0.3) is 0 Å². The molecule has 1 heterocycles. The molecule has 0 saturated carbocycles. The van der Waals surface area contributed by atoms with Crippen LogP contribution >= 0.6 is 12.6 Å². The van der Waals surface area contributed by atoms with Crippen LogP contribution < -0.4 is 4.74 Å². The van der Waals surface area contributed by atoms with Crippen LogP contribution in [-0.4, -0.2) is 56.7 Å². The Hall–Kier alpha value is -1.39. The highest BCUT2D eigenvalue weighted by Gasteiger charge is 2.44. The first-order chi connectivity index (χ1) is 9.95. The van der Waals surface area contributed by atoms with Crippen LogP contribution in [0, 0.1) is 10.1 Å². The summed E-state index contributed by atoms with van der Waals surface area (Å²) in [4.78, 5) is 10.3. The summed E-state index contributed by atoms with van der Waals surface area (Å²) < 4.78 is 10.6. The number of nitro groups is 1. The van der Waals surface area contributed by atoms with Crippen LogP contribution in [0.15, 0.2) is 24.3 Å². The van der Waals surface area contributed by atoms with Crippen molar-refractivity contribution in [1.29, 1.82) is 0 Å². The molecule has 0 aliphatic carbocycles. The van der Waals surface area contributed by atoms with E-state index in [0.717, 1.165) is 0 Å². The fraction of sp³-hybridized carbons (Fsp3) is 0.500. The Kier molecular flexibility index (Phi) is 5.01. The van der Waals surface area contributed by atoms with E-state index < -0.39 is 41.4 Å². The molecule has 9 heteroatoms. The van der Waals surface area contributed by atoms with Gasteiger partial charge in [-0.05, 0) is 6.07 Å². The van der Waals surface area contributed by atoms with Gasteiger partial charge in [-0.15, -0.1) is 12.6 Å². The molecule has 2 rings (SSSR count). The van der Waals surface area contributed by atoms with Crippen molar-refractivity contribution < 1.29 is 29.7 Å². The van der Waals surface area contributed by atoms with Gasteiger partial charge in [-0.3, -0.25) is 10.1 Å². The summed E-state index contributed by atoms with van der Waals surface area (Å²) in [5.74, 6) is -0.0659. The molecule has 0 spiro atoms. The Morgan fingerprint density at radius 1 is 1.33 bits per heavy atom. The second-order valence-electron chi connectivity index (χ2n) is 4.54. The lowest BCUT2D eigenvalue weighted by atomic mass is 10.00. The molecule has 1 aromatic carbocycles.